The molecule has 0 unspecified atom stereocenters. The molecule has 0 aliphatic carbocycles. The second-order valence-corrected chi connectivity index (χ2v) is 2.20. The van der Waals surface area contributed by atoms with Crippen LogP contribution in [0.15, 0.2) is 12.8 Å². The Morgan fingerprint density at radius 2 is 2.30 bits per heavy atom. The fraction of sp³-hybridized carbons (Fsp3) is 0.625. The summed E-state index contributed by atoms with van der Waals surface area (Å²) in [5.41, 5.74) is 0. The van der Waals surface area contributed by atoms with Gasteiger partial charge in [0.2, 0.25) is 0 Å². The van der Waals surface area contributed by atoms with E-state index in [2.05, 4.69) is 6.58 Å². The van der Waals surface area contributed by atoms with Gasteiger partial charge in [-0.15, -0.1) is 0 Å². The van der Waals surface area contributed by atoms with E-state index in [0.717, 1.165) is 12.8 Å². The van der Waals surface area contributed by atoms with E-state index >= 15 is 0 Å². The van der Waals surface area contributed by atoms with Crippen LogP contribution in [0.2, 0.25) is 0 Å². The van der Waals surface area contributed by atoms with Crippen LogP contribution in [0.5, 0.6) is 0 Å². The zero-order valence-corrected chi connectivity index (χ0v) is 6.43. The molecule has 58 valence electrons. The zero-order valence-electron chi connectivity index (χ0n) is 6.43. The summed E-state index contributed by atoms with van der Waals surface area (Å²) in [6, 6.07) is 0. The normalized spacial score (nSPS) is 8.90. The molecular formula is C8H14O2. The number of ether oxygens (including phenoxy) is 1. The summed E-state index contributed by atoms with van der Waals surface area (Å²) in [6.45, 7) is 5.69. The van der Waals surface area contributed by atoms with Crippen LogP contribution in [0.25, 0.3) is 0 Å². The van der Waals surface area contributed by atoms with Crippen molar-refractivity contribution in [1.82, 2.24) is 0 Å². The van der Waals surface area contributed by atoms with Crippen LogP contribution in [0, 0.1) is 0 Å². The third-order valence-electron chi connectivity index (χ3n) is 1.16. The van der Waals surface area contributed by atoms with Crippen molar-refractivity contribution in [3.8, 4) is 0 Å². The third kappa shape index (κ3) is 7.21. The molecule has 2 heteroatoms. The fourth-order valence-electron chi connectivity index (χ4n) is 0.643. The lowest BCUT2D eigenvalue weighted by Crippen LogP contribution is -1.92. The lowest BCUT2D eigenvalue weighted by Gasteiger charge is -1.97. The van der Waals surface area contributed by atoms with Gasteiger partial charge in [-0.25, -0.2) is 0 Å². The Hall–Kier alpha value is -0.790. The maximum atomic E-state index is 10.4. The maximum Gasteiger partial charge on any atom is 0.129 e. The molecule has 0 aromatic heterocycles. The molecule has 0 bridgehead atoms. The molecule has 0 rings (SSSR count). The van der Waals surface area contributed by atoms with Crippen molar-refractivity contribution in [2.75, 3.05) is 6.61 Å². The van der Waals surface area contributed by atoms with E-state index in [1.165, 1.54) is 6.26 Å². The highest BCUT2D eigenvalue weighted by atomic mass is 16.5. The average molecular weight is 142 g/mol. The fourth-order valence-corrected chi connectivity index (χ4v) is 0.643. The van der Waals surface area contributed by atoms with Gasteiger partial charge in [-0.1, -0.05) is 6.58 Å². The Morgan fingerprint density at radius 3 is 2.80 bits per heavy atom. The number of Topliss-reactive ketones (excluding diaryl/α,β-unsaturated/α-hetero) is 1. The lowest BCUT2D eigenvalue weighted by molar-refractivity contribution is -0.117. The summed E-state index contributed by atoms with van der Waals surface area (Å²) in [5.74, 6) is 0.249. The van der Waals surface area contributed by atoms with Gasteiger partial charge in [0.25, 0.3) is 0 Å². The summed E-state index contributed by atoms with van der Waals surface area (Å²) in [4.78, 5) is 10.4. The minimum atomic E-state index is 0.249. The monoisotopic (exact) mass is 142 g/mol. The summed E-state index contributed by atoms with van der Waals surface area (Å²) < 4.78 is 4.87. The Labute approximate surface area is 61.9 Å². The first-order valence-corrected chi connectivity index (χ1v) is 3.49. The van der Waals surface area contributed by atoms with E-state index < -0.39 is 0 Å². The van der Waals surface area contributed by atoms with Crippen molar-refractivity contribution in [3.63, 3.8) is 0 Å². The standard InChI is InChI=1S/C8H14O2/c1-3-10-7-5-4-6-8(2)9/h3H,1,4-7H2,2H3. The highest BCUT2D eigenvalue weighted by Gasteiger charge is 1.91. The minimum Gasteiger partial charge on any atom is -0.502 e. The van der Waals surface area contributed by atoms with E-state index in [1.54, 1.807) is 6.92 Å². The number of carbonyl (C=O) groups excluding carboxylic acids is 1. The predicted molar refractivity (Wildman–Crippen MR) is 40.7 cm³/mol. The first kappa shape index (κ1) is 9.21. The molecule has 0 saturated heterocycles. The molecule has 0 spiro atoms. The van der Waals surface area contributed by atoms with Crippen molar-refractivity contribution in [2.24, 2.45) is 0 Å². The molecule has 0 aromatic rings. The molecule has 0 amide bonds. The third-order valence-corrected chi connectivity index (χ3v) is 1.16. The highest BCUT2D eigenvalue weighted by molar-refractivity contribution is 5.75. The Morgan fingerprint density at radius 1 is 1.60 bits per heavy atom. The second-order valence-electron chi connectivity index (χ2n) is 2.20. The zero-order chi connectivity index (χ0) is 7.82. The van der Waals surface area contributed by atoms with Crippen molar-refractivity contribution in [3.05, 3.63) is 12.8 Å². The second kappa shape index (κ2) is 6.33. The van der Waals surface area contributed by atoms with Crippen molar-refractivity contribution >= 4 is 5.78 Å². The van der Waals surface area contributed by atoms with Gasteiger partial charge >= 0.3 is 0 Å². The molecule has 0 atom stereocenters. The molecule has 0 heterocycles. The van der Waals surface area contributed by atoms with Gasteiger partial charge in [-0.2, -0.15) is 0 Å². The minimum absolute atomic E-state index is 0.249. The van der Waals surface area contributed by atoms with Crippen molar-refractivity contribution < 1.29 is 9.53 Å². The molecule has 0 aliphatic heterocycles. The summed E-state index contributed by atoms with van der Waals surface area (Å²) in [6.07, 6.45) is 3.95. The maximum absolute atomic E-state index is 10.4. The van der Waals surface area contributed by atoms with Gasteiger partial charge in [-0.3, -0.25) is 0 Å². The smallest absolute Gasteiger partial charge is 0.129 e. The van der Waals surface area contributed by atoms with Crippen LogP contribution in [-0.4, -0.2) is 12.4 Å². The van der Waals surface area contributed by atoms with Crippen LogP contribution in [0.4, 0.5) is 0 Å². The first-order chi connectivity index (χ1) is 4.77. The van der Waals surface area contributed by atoms with E-state index in [1.807, 2.05) is 0 Å². The number of hydrogen-bond donors (Lipinski definition) is 0. The summed E-state index contributed by atoms with van der Waals surface area (Å²) in [5, 5.41) is 0. The lowest BCUT2D eigenvalue weighted by atomic mass is 10.2. The Bertz CT molecular complexity index is 108. The van der Waals surface area contributed by atoms with Crippen LogP contribution in [0.1, 0.15) is 26.2 Å². The first-order valence-electron chi connectivity index (χ1n) is 3.49. The van der Waals surface area contributed by atoms with Gasteiger partial charge in [0.1, 0.15) is 5.78 Å². The predicted octanol–water partition coefficient (Wildman–Crippen LogP) is 1.91. The topological polar surface area (TPSA) is 26.3 Å². The largest absolute Gasteiger partial charge is 0.502 e. The van der Waals surface area contributed by atoms with Crippen LogP contribution < -0.4 is 0 Å². The van der Waals surface area contributed by atoms with Crippen LogP contribution >= 0.6 is 0 Å². The SMILES string of the molecule is C=COCCCCC(C)=O. The Kier molecular flexibility index (Phi) is 5.83. The van der Waals surface area contributed by atoms with E-state index in [0.29, 0.717) is 13.0 Å². The molecule has 0 fully saturated rings. The number of carbonyl (C=O) groups is 1. The van der Waals surface area contributed by atoms with Gasteiger partial charge in [0.05, 0.1) is 12.9 Å². The average Bonchev–Trinajstić information content (AvgIpc) is 1.87. The van der Waals surface area contributed by atoms with Crippen LogP contribution in [0.3, 0.4) is 0 Å². The molecule has 10 heavy (non-hydrogen) atoms. The molecule has 0 aliphatic rings. The Balaban J connectivity index is 2.90. The van der Waals surface area contributed by atoms with E-state index in [4.69, 9.17) is 4.74 Å². The highest BCUT2D eigenvalue weighted by Crippen LogP contribution is 1.96. The van der Waals surface area contributed by atoms with E-state index in [-0.39, 0.29) is 5.78 Å². The quantitative estimate of drug-likeness (QED) is 0.418. The number of hydrogen-bond acceptors (Lipinski definition) is 2. The summed E-state index contributed by atoms with van der Waals surface area (Å²) >= 11 is 0. The van der Waals surface area contributed by atoms with Crippen molar-refractivity contribution in [1.29, 1.82) is 0 Å². The molecular weight excluding hydrogens is 128 g/mol. The summed E-state index contributed by atoms with van der Waals surface area (Å²) in [7, 11) is 0. The molecule has 0 aromatic carbocycles. The van der Waals surface area contributed by atoms with E-state index in [9.17, 15) is 4.79 Å². The van der Waals surface area contributed by atoms with Gasteiger partial charge in [0.15, 0.2) is 0 Å². The molecule has 0 saturated carbocycles. The molecule has 0 radical (unpaired) electrons. The number of ketones is 1. The molecule has 0 N–H and O–H groups in total. The number of rotatable bonds is 6. The van der Waals surface area contributed by atoms with Crippen LogP contribution in [-0.2, 0) is 9.53 Å². The van der Waals surface area contributed by atoms with Crippen molar-refractivity contribution in [2.45, 2.75) is 26.2 Å². The molecule has 2 nitrogen and oxygen atoms in total. The van der Waals surface area contributed by atoms with Gasteiger partial charge < -0.3 is 9.53 Å². The van der Waals surface area contributed by atoms with Gasteiger partial charge in [-0.05, 0) is 19.8 Å². The van der Waals surface area contributed by atoms with Gasteiger partial charge in [0, 0.05) is 6.42 Å². The number of unbranched alkanes of at least 4 members (excludes halogenated alkanes) is 1.